The van der Waals surface area contributed by atoms with E-state index in [1.54, 1.807) is 6.07 Å². The van der Waals surface area contributed by atoms with Crippen LogP contribution in [0.15, 0.2) is 30.3 Å². The molecule has 0 saturated carbocycles. The van der Waals surface area contributed by atoms with E-state index in [1.165, 1.54) is 29.0 Å². The van der Waals surface area contributed by atoms with Crippen LogP contribution < -0.4 is 4.72 Å². The average Bonchev–Trinajstić information content (AvgIpc) is 2.27. The van der Waals surface area contributed by atoms with Gasteiger partial charge in [0.2, 0.25) is 0 Å². The van der Waals surface area contributed by atoms with Gasteiger partial charge in [-0.2, -0.15) is 17.9 Å². The van der Waals surface area contributed by atoms with Crippen molar-refractivity contribution in [1.82, 2.24) is 4.72 Å². The topological polar surface area (TPSA) is 63.2 Å². The molecule has 0 amide bonds. The molecule has 18 heavy (non-hydrogen) atoms. The fourth-order valence-corrected chi connectivity index (χ4v) is 2.52. The monoisotopic (exact) mass is 345 g/mol. The second-order valence-corrected chi connectivity index (χ2v) is 5.78. The normalized spacial score (nSPS) is 14.2. The first kappa shape index (κ1) is 15.1. The molecule has 1 unspecified atom stereocenters. The van der Waals surface area contributed by atoms with Gasteiger partial charge in [0.25, 0.3) is 0 Å². The van der Waals surface area contributed by atoms with E-state index in [0.717, 1.165) is 0 Å². The zero-order valence-electron chi connectivity index (χ0n) is 8.61. The van der Waals surface area contributed by atoms with E-state index in [0.29, 0.717) is 0 Å². The van der Waals surface area contributed by atoms with Crippen molar-refractivity contribution in [2.45, 2.75) is 10.5 Å². The number of halogens is 4. The number of hydrogen-bond acceptors (Lipinski definition) is 3. The lowest BCUT2D eigenvalue weighted by atomic mass is 10.1. The standard InChI is InChI=1S/C9H7BrF3NO3S/c10-8(14-18(16,17)9(11,12)13)7(15)6-4-2-1-3-5-6/h1-5,8,14H. The number of ketones is 1. The van der Waals surface area contributed by atoms with Gasteiger partial charge in [0.15, 0.2) is 5.78 Å². The summed E-state index contributed by atoms with van der Waals surface area (Å²) in [6.45, 7) is 0. The van der Waals surface area contributed by atoms with Crippen molar-refractivity contribution >= 4 is 31.7 Å². The molecule has 1 rings (SSSR count). The van der Waals surface area contributed by atoms with Crippen LogP contribution in [0.5, 0.6) is 0 Å². The van der Waals surface area contributed by atoms with E-state index in [-0.39, 0.29) is 5.56 Å². The van der Waals surface area contributed by atoms with Crippen LogP contribution in [0.1, 0.15) is 10.4 Å². The molecule has 0 radical (unpaired) electrons. The van der Waals surface area contributed by atoms with Crippen molar-refractivity contribution in [3.8, 4) is 0 Å². The molecule has 4 nitrogen and oxygen atoms in total. The fraction of sp³-hybridized carbons (Fsp3) is 0.222. The summed E-state index contributed by atoms with van der Waals surface area (Å²) in [5.74, 6) is -0.816. The summed E-state index contributed by atoms with van der Waals surface area (Å²) in [5, 5.41) is 0. The molecule has 0 aliphatic carbocycles. The minimum atomic E-state index is -5.57. The predicted molar refractivity (Wildman–Crippen MR) is 61.6 cm³/mol. The molecular formula is C9H7BrF3NO3S. The van der Waals surface area contributed by atoms with Gasteiger partial charge in [0.05, 0.1) is 0 Å². The van der Waals surface area contributed by atoms with E-state index in [4.69, 9.17) is 0 Å². The Labute approximate surface area is 109 Å². The number of rotatable bonds is 4. The predicted octanol–water partition coefficient (Wildman–Crippen LogP) is 2.03. The van der Waals surface area contributed by atoms with E-state index in [2.05, 4.69) is 15.9 Å². The van der Waals surface area contributed by atoms with Crippen molar-refractivity contribution in [2.75, 3.05) is 0 Å². The van der Waals surface area contributed by atoms with Crippen LogP contribution in [0.2, 0.25) is 0 Å². The van der Waals surface area contributed by atoms with E-state index >= 15 is 0 Å². The van der Waals surface area contributed by atoms with Gasteiger partial charge in [0.1, 0.15) is 4.95 Å². The Balaban J connectivity index is 2.85. The highest BCUT2D eigenvalue weighted by Crippen LogP contribution is 2.23. The summed E-state index contributed by atoms with van der Waals surface area (Å²) in [4.78, 5) is 9.93. The molecule has 1 aromatic carbocycles. The first-order chi connectivity index (χ1) is 8.15. The Kier molecular flexibility index (Phi) is 4.51. The van der Waals surface area contributed by atoms with Gasteiger partial charge in [-0.05, 0) is 0 Å². The smallest absolute Gasteiger partial charge is 0.291 e. The fourth-order valence-electron chi connectivity index (χ4n) is 1.01. The SMILES string of the molecule is O=C(c1ccccc1)C(Br)NS(=O)(=O)C(F)(F)F. The van der Waals surface area contributed by atoms with Crippen LogP contribution in [0.4, 0.5) is 13.2 Å². The molecule has 0 spiro atoms. The van der Waals surface area contributed by atoms with Crippen LogP contribution in [0, 0.1) is 0 Å². The summed E-state index contributed by atoms with van der Waals surface area (Å²) in [7, 11) is -5.57. The van der Waals surface area contributed by atoms with Crippen LogP contribution in [-0.4, -0.2) is 24.7 Å². The maximum atomic E-state index is 12.1. The van der Waals surface area contributed by atoms with Gasteiger partial charge in [-0.15, -0.1) is 0 Å². The van der Waals surface area contributed by atoms with Crippen LogP contribution in [0.25, 0.3) is 0 Å². The zero-order chi connectivity index (χ0) is 14.0. The molecule has 0 heterocycles. The number of carbonyl (C=O) groups excluding carboxylic acids is 1. The Hall–Kier alpha value is -0.930. The van der Waals surface area contributed by atoms with Gasteiger partial charge in [-0.25, -0.2) is 8.42 Å². The van der Waals surface area contributed by atoms with Crippen molar-refractivity contribution < 1.29 is 26.4 Å². The first-order valence-corrected chi connectivity index (χ1v) is 6.87. The van der Waals surface area contributed by atoms with Crippen molar-refractivity contribution in [3.63, 3.8) is 0 Å². The maximum absolute atomic E-state index is 12.1. The van der Waals surface area contributed by atoms with Crippen molar-refractivity contribution in [3.05, 3.63) is 35.9 Å². The van der Waals surface area contributed by atoms with Gasteiger partial charge < -0.3 is 0 Å². The van der Waals surface area contributed by atoms with Gasteiger partial charge in [-0.1, -0.05) is 46.3 Å². The molecule has 1 N–H and O–H groups in total. The summed E-state index contributed by atoms with van der Waals surface area (Å²) >= 11 is 2.57. The van der Waals surface area contributed by atoms with E-state index in [9.17, 15) is 26.4 Å². The van der Waals surface area contributed by atoms with Crippen LogP contribution >= 0.6 is 15.9 Å². The molecule has 0 fully saturated rings. The number of sulfonamides is 1. The molecule has 0 aromatic heterocycles. The van der Waals surface area contributed by atoms with E-state index in [1.807, 2.05) is 0 Å². The number of Topliss-reactive ketones (excluding diaryl/α,β-unsaturated/α-hetero) is 1. The van der Waals surface area contributed by atoms with Crippen LogP contribution in [0.3, 0.4) is 0 Å². The van der Waals surface area contributed by atoms with Crippen molar-refractivity contribution in [2.24, 2.45) is 0 Å². The molecular weight excluding hydrogens is 339 g/mol. The second-order valence-electron chi connectivity index (χ2n) is 3.16. The third-order valence-corrected chi connectivity index (χ3v) is 3.96. The van der Waals surface area contributed by atoms with Gasteiger partial charge in [0, 0.05) is 5.56 Å². The van der Waals surface area contributed by atoms with Gasteiger partial charge >= 0.3 is 15.5 Å². The highest BCUT2D eigenvalue weighted by molar-refractivity contribution is 9.10. The Morgan fingerprint density at radius 1 is 1.22 bits per heavy atom. The zero-order valence-corrected chi connectivity index (χ0v) is 11.0. The van der Waals surface area contributed by atoms with Gasteiger partial charge in [-0.3, -0.25) is 4.79 Å². The number of hydrogen-bond donors (Lipinski definition) is 1. The second kappa shape index (κ2) is 5.37. The lowest BCUT2D eigenvalue weighted by Crippen LogP contribution is -2.43. The molecule has 9 heteroatoms. The van der Waals surface area contributed by atoms with E-state index < -0.39 is 26.3 Å². The molecule has 0 aliphatic heterocycles. The average molecular weight is 346 g/mol. The number of nitrogens with one attached hydrogen (secondary N) is 1. The Morgan fingerprint density at radius 3 is 2.17 bits per heavy atom. The van der Waals surface area contributed by atoms with Crippen molar-refractivity contribution in [1.29, 1.82) is 0 Å². The number of carbonyl (C=O) groups is 1. The highest BCUT2D eigenvalue weighted by atomic mass is 79.9. The lowest BCUT2D eigenvalue weighted by Gasteiger charge is -2.13. The number of alkyl halides is 4. The number of benzene rings is 1. The Morgan fingerprint density at radius 2 is 1.72 bits per heavy atom. The molecule has 0 aliphatic rings. The third-order valence-electron chi connectivity index (χ3n) is 1.85. The minimum Gasteiger partial charge on any atom is -0.291 e. The quantitative estimate of drug-likeness (QED) is 0.516. The molecule has 0 saturated heterocycles. The van der Waals surface area contributed by atoms with Crippen LogP contribution in [-0.2, 0) is 10.0 Å². The highest BCUT2D eigenvalue weighted by Gasteiger charge is 2.47. The lowest BCUT2D eigenvalue weighted by molar-refractivity contribution is -0.0447. The molecule has 100 valence electrons. The largest absolute Gasteiger partial charge is 0.511 e. The molecule has 0 bridgehead atoms. The summed E-state index contributed by atoms with van der Waals surface area (Å²) in [5.41, 5.74) is -5.38. The summed E-state index contributed by atoms with van der Waals surface area (Å²) < 4.78 is 59.0. The summed E-state index contributed by atoms with van der Waals surface area (Å²) in [6.07, 6.45) is 0. The first-order valence-electron chi connectivity index (χ1n) is 4.47. The summed E-state index contributed by atoms with van der Waals surface area (Å²) in [6, 6.07) is 7.34. The third kappa shape index (κ3) is 3.53. The molecule has 1 aromatic rings. The minimum absolute atomic E-state index is 0.0873. The Bertz CT molecular complexity index is 530. The maximum Gasteiger partial charge on any atom is 0.511 e. The molecule has 1 atom stereocenters.